The maximum Gasteiger partial charge on any atom is 0.414 e. The number of morpholine rings is 1. The zero-order valence-electron chi connectivity index (χ0n) is 22.6. The van der Waals surface area contributed by atoms with Gasteiger partial charge in [0, 0.05) is 13.1 Å². The SMILES string of the molecule is CCCCCCCCC[N+](C)(C)CC(=O)NC[C@H]1CN(c2ccc(N3CCOCC3)c(F)c2)C(=O)O1.[Cl-]. The number of cyclic esters (lactones) is 1. The quantitative estimate of drug-likeness (QED) is 0.280. The van der Waals surface area contributed by atoms with Crippen molar-refractivity contribution in [1.29, 1.82) is 0 Å². The lowest BCUT2D eigenvalue weighted by Gasteiger charge is -2.29. The average molecular weight is 543 g/mol. The van der Waals surface area contributed by atoms with Crippen LogP contribution in [-0.4, -0.2) is 89.2 Å². The number of nitrogens with one attached hydrogen (secondary N) is 1. The van der Waals surface area contributed by atoms with Gasteiger partial charge in [-0.05, 0) is 31.0 Å². The number of anilines is 2. The molecule has 2 aliphatic heterocycles. The Morgan fingerprint density at radius 2 is 1.78 bits per heavy atom. The van der Waals surface area contributed by atoms with Crippen molar-refractivity contribution in [2.24, 2.45) is 0 Å². The molecule has 10 heteroatoms. The fourth-order valence-electron chi connectivity index (χ4n) is 4.81. The first-order valence-electron chi connectivity index (χ1n) is 13.5. The van der Waals surface area contributed by atoms with Gasteiger partial charge < -0.3 is 36.6 Å². The Morgan fingerprint density at radius 3 is 2.46 bits per heavy atom. The van der Waals surface area contributed by atoms with Crippen LogP contribution in [-0.2, 0) is 14.3 Å². The number of ether oxygens (including phenoxy) is 2. The predicted octanol–water partition coefficient (Wildman–Crippen LogP) is 0.935. The number of amides is 2. The minimum absolute atomic E-state index is 0. The van der Waals surface area contributed by atoms with E-state index in [2.05, 4.69) is 26.3 Å². The molecule has 2 amide bonds. The third-order valence-electron chi connectivity index (χ3n) is 6.93. The Morgan fingerprint density at radius 1 is 1.11 bits per heavy atom. The summed E-state index contributed by atoms with van der Waals surface area (Å²) in [5.74, 6) is -0.432. The molecule has 0 unspecified atom stereocenters. The zero-order chi connectivity index (χ0) is 26.0. The third-order valence-corrected chi connectivity index (χ3v) is 6.93. The summed E-state index contributed by atoms with van der Waals surface area (Å²) in [6, 6.07) is 4.81. The van der Waals surface area contributed by atoms with Gasteiger partial charge in [0.15, 0.2) is 6.54 Å². The van der Waals surface area contributed by atoms with Crippen molar-refractivity contribution in [2.75, 3.05) is 76.4 Å². The van der Waals surface area contributed by atoms with Crippen molar-refractivity contribution in [3.8, 4) is 0 Å². The molecule has 2 heterocycles. The molecule has 8 nitrogen and oxygen atoms in total. The first-order chi connectivity index (χ1) is 17.3. The normalized spacial score (nSPS) is 17.9. The molecule has 0 radical (unpaired) electrons. The molecule has 1 atom stereocenters. The summed E-state index contributed by atoms with van der Waals surface area (Å²) in [7, 11) is 4.15. The van der Waals surface area contributed by atoms with Crippen molar-refractivity contribution < 1.29 is 40.3 Å². The molecule has 1 N–H and O–H groups in total. The van der Waals surface area contributed by atoms with Crippen LogP contribution in [0.2, 0.25) is 0 Å². The molecule has 37 heavy (non-hydrogen) atoms. The number of quaternary nitrogens is 1. The number of carbonyl (C=O) groups excluding carboxylic acids is 2. The maximum absolute atomic E-state index is 14.8. The number of halogens is 2. The third kappa shape index (κ3) is 9.94. The second-order valence-electron chi connectivity index (χ2n) is 10.6. The number of rotatable bonds is 14. The summed E-state index contributed by atoms with van der Waals surface area (Å²) in [4.78, 5) is 28.3. The van der Waals surface area contributed by atoms with Gasteiger partial charge in [-0.2, -0.15) is 0 Å². The monoisotopic (exact) mass is 542 g/mol. The van der Waals surface area contributed by atoms with Gasteiger partial charge >= 0.3 is 6.09 Å². The highest BCUT2D eigenvalue weighted by Crippen LogP contribution is 2.28. The zero-order valence-corrected chi connectivity index (χ0v) is 23.4. The van der Waals surface area contributed by atoms with E-state index >= 15 is 0 Å². The largest absolute Gasteiger partial charge is 1.00 e. The molecule has 210 valence electrons. The Kier molecular flexibility index (Phi) is 12.9. The lowest BCUT2D eigenvalue weighted by atomic mass is 10.1. The number of nitrogens with zero attached hydrogens (tertiary/aromatic N) is 3. The highest BCUT2D eigenvalue weighted by molar-refractivity contribution is 5.90. The number of carbonyl (C=O) groups is 2. The summed E-state index contributed by atoms with van der Waals surface area (Å²) in [5.41, 5.74) is 0.964. The maximum atomic E-state index is 14.8. The molecule has 2 fully saturated rings. The van der Waals surface area contributed by atoms with Crippen LogP contribution < -0.4 is 27.5 Å². The van der Waals surface area contributed by atoms with E-state index in [0.717, 1.165) is 13.0 Å². The molecule has 0 aromatic heterocycles. The lowest BCUT2D eigenvalue weighted by molar-refractivity contribution is -0.882. The number of benzene rings is 1. The number of hydrogen-bond acceptors (Lipinski definition) is 5. The summed E-state index contributed by atoms with van der Waals surface area (Å²) >= 11 is 0. The van der Waals surface area contributed by atoms with Crippen molar-refractivity contribution in [3.05, 3.63) is 24.0 Å². The summed E-state index contributed by atoms with van der Waals surface area (Å²) < 4.78 is 26.2. The lowest BCUT2D eigenvalue weighted by Crippen LogP contribution is -3.00. The summed E-state index contributed by atoms with van der Waals surface area (Å²) in [6.45, 7) is 6.50. The Balaban J connectivity index is 0.00000481. The van der Waals surface area contributed by atoms with Gasteiger partial charge in [0.25, 0.3) is 5.91 Å². The highest BCUT2D eigenvalue weighted by atomic mass is 35.5. The van der Waals surface area contributed by atoms with Crippen molar-refractivity contribution in [3.63, 3.8) is 0 Å². The van der Waals surface area contributed by atoms with Crippen LogP contribution in [0, 0.1) is 5.82 Å². The molecular formula is C27H44ClFN4O4. The molecule has 0 saturated carbocycles. The van der Waals surface area contributed by atoms with E-state index in [0.29, 0.717) is 48.7 Å². The van der Waals surface area contributed by atoms with Crippen LogP contribution in [0.5, 0.6) is 0 Å². The smallest absolute Gasteiger partial charge is 0.414 e. The molecule has 0 spiro atoms. The van der Waals surface area contributed by atoms with Gasteiger partial charge in [-0.25, -0.2) is 9.18 Å². The van der Waals surface area contributed by atoms with E-state index in [-0.39, 0.29) is 37.2 Å². The fourth-order valence-corrected chi connectivity index (χ4v) is 4.81. The Hall–Kier alpha value is -2.10. The summed E-state index contributed by atoms with van der Waals surface area (Å²) in [6.07, 6.45) is 7.77. The molecule has 1 aromatic rings. The number of likely N-dealkylation sites (N-methyl/N-ethyl adjacent to an activating group) is 1. The van der Waals surface area contributed by atoms with Crippen molar-refractivity contribution in [2.45, 2.75) is 58.0 Å². The Labute approximate surface area is 227 Å². The average Bonchev–Trinajstić information content (AvgIpc) is 3.23. The van der Waals surface area contributed by atoms with Crippen LogP contribution in [0.25, 0.3) is 0 Å². The molecule has 2 aliphatic rings. The van der Waals surface area contributed by atoms with E-state index in [4.69, 9.17) is 9.47 Å². The molecule has 1 aromatic carbocycles. The van der Waals surface area contributed by atoms with Crippen molar-refractivity contribution >= 4 is 23.4 Å². The van der Waals surface area contributed by atoms with Crippen LogP contribution in [0.3, 0.4) is 0 Å². The van der Waals surface area contributed by atoms with Gasteiger partial charge in [-0.1, -0.05) is 39.0 Å². The minimum atomic E-state index is -0.525. The molecule has 0 bridgehead atoms. The molecule has 0 aliphatic carbocycles. The van der Waals surface area contributed by atoms with Gasteiger partial charge in [-0.3, -0.25) is 9.69 Å². The molecular weight excluding hydrogens is 499 g/mol. The van der Waals surface area contributed by atoms with E-state index < -0.39 is 12.2 Å². The molecule has 2 saturated heterocycles. The highest BCUT2D eigenvalue weighted by Gasteiger charge is 2.33. The molecule has 3 rings (SSSR count). The van der Waals surface area contributed by atoms with Crippen LogP contribution in [0.1, 0.15) is 51.9 Å². The van der Waals surface area contributed by atoms with Gasteiger partial charge in [0.2, 0.25) is 0 Å². The van der Waals surface area contributed by atoms with Crippen LogP contribution >= 0.6 is 0 Å². The standard InChI is InChI=1S/C27H43FN4O4.ClH/c1-4-5-6-7-8-9-10-15-32(2,3)21-26(33)29-19-23-20-31(27(34)36-23)22-11-12-25(24(28)18-22)30-13-16-35-17-14-30;/h11-12,18,23H,4-10,13-17,19-21H2,1-3H3;1H/t23-;/m0./s1. The van der Waals surface area contributed by atoms with E-state index in [1.165, 1.54) is 49.5 Å². The predicted molar refractivity (Wildman–Crippen MR) is 140 cm³/mol. The van der Waals surface area contributed by atoms with Crippen LogP contribution in [0.4, 0.5) is 20.6 Å². The van der Waals surface area contributed by atoms with Gasteiger partial charge in [-0.15, -0.1) is 0 Å². The van der Waals surface area contributed by atoms with E-state index in [1.807, 2.05) is 4.90 Å². The van der Waals surface area contributed by atoms with Gasteiger partial charge in [0.05, 0.1) is 58.3 Å². The first kappa shape index (κ1) is 31.1. The minimum Gasteiger partial charge on any atom is -1.00 e. The number of unbranched alkanes of at least 4 members (excludes halogenated alkanes) is 6. The van der Waals surface area contributed by atoms with E-state index in [1.54, 1.807) is 12.1 Å². The second-order valence-corrected chi connectivity index (χ2v) is 10.6. The fraction of sp³-hybridized carbons (Fsp3) is 0.704. The van der Waals surface area contributed by atoms with Crippen molar-refractivity contribution in [1.82, 2.24) is 5.32 Å². The first-order valence-corrected chi connectivity index (χ1v) is 13.5. The number of hydrogen-bond donors (Lipinski definition) is 1. The summed E-state index contributed by atoms with van der Waals surface area (Å²) in [5, 5.41) is 2.91. The van der Waals surface area contributed by atoms with E-state index in [9.17, 15) is 14.0 Å². The Bertz CT molecular complexity index is 867. The second kappa shape index (κ2) is 15.3. The van der Waals surface area contributed by atoms with Crippen LogP contribution in [0.15, 0.2) is 18.2 Å². The van der Waals surface area contributed by atoms with Gasteiger partial charge in [0.1, 0.15) is 11.9 Å². The topological polar surface area (TPSA) is 71.1 Å².